The molecule has 31 heavy (non-hydrogen) atoms. The van der Waals surface area contributed by atoms with Crippen molar-refractivity contribution >= 4 is 11.8 Å². The zero-order valence-electron chi connectivity index (χ0n) is 18.5. The minimum atomic E-state index is -0.0329. The fourth-order valence-corrected chi connectivity index (χ4v) is 3.69. The fraction of sp³-hybridized carbons (Fsp3) is 0.417. The van der Waals surface area contributed by atoms with Crippen LogP contribution in [0.3, 0.4) is 0 Å². The maximum atomic E-state index is 12.6. The quantitative estimate of drug-likeness (QED) is 0.701. The highest BCUT2D eigenvalue weighted by atomic mass is 16.5. The molecule has 1 fully saturated rings. The highest BCUT2D eigenvalue weighted by Gasteiger charge is 2.22. The Hall–Kier alpha value is -3.06. The first-order valence-corrected chi connectivity index (χ1v) is 10.5. The molecule has 0 spiro atoms. The summed E-state index contributed by atoms with van der Waals surface area (Å²) in [5.41, 5.74) is 3.16. The van der Waals surface area contributed by atoms with Crippen molar-refractivity contribution < 1.29 is 19.1 Å². The number of carbonyl (C=O) groups excluding carboxylic acids is 2. The molecule has 1 N–H and O–H groups in total. The number of nitrogens with zero attached hydrogens (tertiary/aromatic N) is 2. The lowest BCUT2D eigenvalue weighted by atomic mass is 10.1. The normalized spacial score (nSPS) is 14.2. The average molecular weight is 426 g/mol. The molecule has 7 heteroatoms. The summed E-state index contributed by atoms with van der Waals surface area (Å²) in [5.74, 6) is 1.41. The van der Waals surface area contributed by atoms with Crippen LogP contribution < -0.4 is 14.8 Å². The molecule has 0 saturated carbocycles. The van der Waals surface area contributed by atoms with Gasteiger partial charge in [0, 0.05) is 32.7 Å². The number of piperazine rings is 1. The van der Waals surface area contributed by atoms with Crippen molar-refractivity contribution in [1.82, 2.24) is 15.1 Å². The van der Waals surface area contributed by atoms with Gasteiger partial charge >= 0.3 is 0 Å². The number of nitrogens with one attached hydrogen (secondary N) is 1. The van der Waals surface area contributed by atoms with E-state index < -0.39 is 0 Å². The summed E-state index contributed by atoms with van der Waals surface area (Å²) in [6, 6.07) is 13.6. The lowest BCUT2D eigenvalue weighted by Gasteiger charge is -2.34. The van der Waals surface area contributed by atoms with Gasteiger partial charge < -0.3 is 19.7 Å². The topological polar surface area (TPSA) is 71.1 Å². The summed E-state index contributed by atoms with van der Waals surface area (Å²) in [5, 5.41) is 2.95. The molecular formula is C24H31N3O4. The van der Waals surface area contributed by atoms with Gasteiger partial charge in [-0.1, -0.05) is 30.3 Å². The van der Waals surface area contributed by atoms with Crippen LogP contribution in [-0.2, 0) is 22.6 Å². The van der Waals surface area contributed by atoms with E-state index in [9.17, 15) is 9.59 Å². The highest BCUT2D eigenvalue weighted by Crippen LogP contribution is 2.27. The third-order valence-electron chi connectivity index (χ3n) is 5.63. The molecule has 0 aromatic heterocycles. The Labute approximate surface area is 183 Å². The molecule has 2 aromatic rings. The Morgan fingerprint density at radius 3 is 2.35 bits per heavy atom. The van der Waals surface area contributed by atoms with Crippen molar-refractivity contribution in [3.05, 3.63) is 59.2 Å². The Kier molecular flexibility index (Phi) is 7.89. The van der Waals surface area contributed by atoms with Crippen molar-refractivity contribution in [1.29, 1.82) is 0 Å². The van der Waals surface area contributed by atoms with E-state index in [0.29, 0.717) is 57.2 Å². The first-order valence-electron chi connectivity index (χ1n) is 10.5. The lowest BCUT2D eigenvalue weighted by Crippen LogP contribution is -2.51. The van der Waals surface area contributed by atoms with Crippen molar-refractivity contribution in [3.63, 3.8) is 0 Å². The third-order valence-corrected chi connectivity index (χ3v) is 5.63. The van der Waals surface area contributed by atoms with E-state index in [0.717, 1.165) is 16.7 Å². The van der Waals surface area contributed by atoms with Crippen molar-refractivity contribution in [2.45, 2.75) is 19.9 Å². The minimum Gasteiger partial charge on any atom is -0.493 e. The number of rotatable bonds is 8. The molecule has 3 rings (SSSR count). The molecular weight excluding hydrogens is 394 g/mol. The summed E-state index contributed by atoms with van der Waals surface area (Å²) in [7, 11) is 3.18. The van der Waals surface area contributed by atoms with Gasteiger partial charge in [0.2, 0.25) is 11.8 Å². The van der Waals surface area contributed by atoms with Crippen LogP contribution in [0, 0.1) is 6.92 Å². The molecule has 2 amide bonds. The Morgan fingerprint density at radius 2 is 1.68 bits per heavy atom. The van der Waals surface area contributed by atoms with Crippen LogP contribution in [-0.4, -0.2) is 68.6 Å². The number of hydrogen-bond donors (Lipinski definition) is 1. The maximum Gasteiger partial charge on any atom is 0.234 e. The zero-order chi connectivity index (χ0) is 22.2. The largest absolute Gasteiger partial charge is 0.493 e. The van der Waals surface area contributed by atoms with Crippen LogP contribution in [0.4, 0.5) is 0 Å². The van der Waals surface area contributed by atoms with E-state index in [-0.39, 0.29) is 11.8 Å². The summed E-state index contributed by atoms with van der Waals surface area (Å²) in [6.45, 7) is 5.47. The lowest BCUT2D eigenvalue weighted by molar-refractivity contribution is -0.132. The van der Waals surface area contributed by atoms with Crippen LogP contribution in [0.15, 0.2) is 42.5 Å². The smallest absolute Gasteiger partial charge is 0.234 e. The van der Waals surface area contributed by atoms with Crippen LogP contribution in [0.25, 0.3) is 0 Å². The van der Waals surface area contributed by atoms with Crippen LogP contribution >= 0.6 is 0 Å². The van der Waals surface area contributed by atoms with Gasteiger partial charge in [0.05, 0.1) is 27.2 Å². The number of amides is 2. The van der Waals surface area contributed by atoms with E-state index in [4.69, 9.17) is 9.47 Å². The molecule has 0 atom stereocenters. The molecule has 166 valence electrons. The predicted octanol–water partition coefficient (Wildman–Crippen LogP) is 2.02. The Balaban J connectivity index is 1.42. The van der Waals surface area contributed by atoms with Gasteiger partial charge in [-0.05, 0) is 35.7 Å². The van der Waals surface area contributed by atoms with E-state index >= 15 is 0 Å². The average Bonchev–Trinajstić information content (AvgIpc) is 2.79. The molecule has 1 saturated heterocycles. The number of ether oxygens (including phenoxy) is 2. The van der Waals surface area contributed by atoms with E-state index in [1.54, 1.807) is 14.2 Å². The monoisotopic (exact) mass is 425 g/mol. The first-order chi connectivity index (χ1) is 15.0. The van der Waals surface area contributed by atoms with Crippen molar-refractivity contribution in [2.24, 2.45) is 0 Å². The first kappa shape index (κ1) is 22.6. The zero-order valence-corrected chi connectivity index (χ0v) is 18.5. The van der Waals surface area contributed by atoms with Crippen molar-refractivity contribution in [3.8, 4) is 11.5 Å². The number of benzene rings is 2. The molecule has 0 aliphatic carbocycles. The molecule has 1 heterocycles. The minimum absolute atomic E-state index is 0.0329. The number of carbonyl (C=O) groups is 2. The molecule has 1 aliphatic rings. The highest BCUT2D eigenvalue weighted by molar-refractivity contribution is 5.80. The van der Waals surface area contributed by atoms with E-state index in [2.05, 4.69) is 10.2 Å². The van der Waals surface area contributed by atoms with E-state index in [1.165, 1.54) is 0 Å². The fourth-order valence-electron chi connectivity index (χ4n) is 3.69. The van der Waals surface area contributed by atoms with Crippen LogP contribution in [0.2, 0.25) is 0 Å². The second-order valence-electron chi connectivity index (χ2n) is 7.73. The Bertz CT molecular complexity index is 907. The van der Waals surface area contributed by atoms with Gasteiger partial charge in [0.1, 0.15) is 0 Å². The van der Waals surface area contributed by atoms with Gasteiger partial charge in [0.15, 0.2) is 11.5 Å². The molecule has 1 aliphatic heterocycles. The second kappa shape index (κ2) is 10.8. The predicted molar refractivity (Wildman–Crippen MR) is 119 cm³/mol. The number of methoxy groups -OCH3 is 2. The van der Waals surface area contributed by atoms with E-state index in [1.807, 2.05) is 54.3 Å². The standard InChI is InChI=1S/C24H31N3O4/c1-18-6-4-5-7-20(18)15-24(29)27-12-10-26(11-13-27)17-23(28)25-16-19-8-9-21(30-2)22(14-19)31-3/h4-9,14H,10-13,15-17H2,1-3H3,(H,25,28). The van der Waals surface area contributed by atoms with Crippen LogP contribution in [0.1, 0.15) is 16.7 Å². The number of hydrogen-bond acceptors (Lipinski definition) is 5. The van der Waals surface area contributed by atoms with Gasteiger partial charge in [-0.15, -0.1) is 0 Å². The SMILES string of the molecule is COc1ccc(CNC(=O)CN2CCN(C(=O)Cc3ccccc3C)CC2)cc1OC. The molecule has 0 bridgehead atoms. The third kappa shape index (κ3) is 6.21. The van der Waals surface area contributed by atoms with Gasteiger partial charge in [-0.2, -0.15) is 0 Å². The molecule has 2 aromatic carbocycles. The molecule has 7 nitrogen and oxygen atoms in total. The van der Waals surface area contributed by atoms with Gasteiger partial charge in [0.25, 0.3) is 0 Å². The molecule has 0 unspecified atom stereocenters. The molecule has 0 radical (unpaired) electrons. The van der Waals surface area contributed by atoms with Crippen LogP contribution in [0.5, 0.6) is 11.5 Å². The maximum absolute atomic E-state index is 12.6. The summed E-state index contributed by atoms with van der Waals surface area (Å²) >= 11 is 0. The summed E-state index contributed by atoms with van der Waals surface area (Å²) < 4.78 is 10.5. The Morgan fingerprint density at radius 1 is 0.968 bits per heavy atom. The number of aryl methyl sites for hydroxylation is 1. The summed E-state index contributed by atoms with van der Waals surface area (Å²) in [4.78, 5) is 29.0. The van der Waals surface area contributed by atoms with Gasteiger partial charge in [-0.3, -0.25) is 14.5 Å². The summed E-state index contributed by atoms with van der Waals surface area (Å²) in [6.07, 6.45) is 0.429. The second-order valence-corrected chi connectivity index (χ2v) is 7.73. The van der Waals surface area contributed by atoms with Gasteiger partial charge in [-0.25, -0.2) is 0 Å². The van der Waals surface area contributed by atoms with Crippen molar-refractivity contribution in [2.75, 3.05) is 46.9 Å².